The Labute approximate surface area is 66.9 Å². The molecular formula is C8H14N2O. The molecule has 0 aromatic rings. The normalized spacial score (nSPS) is 18.5. The van der Waals surface area contributed by atoms with Crippen LogP contribution in [0.4, 0.5) is 0 Å². The summed E-state index contributed by atoms with van der Waals surface area (Å²) in [6.45, 7) is 5.54. The molecule has 0 unspecified atom stereocenters. The Hall–Kier alpha value is -0.990. The van der Waals surface area contributed by atoms with E-state index < -0.39 is 0 Å². The molecule has 0 aromatic carbocycles. The van der Waals surface area contributed by atoms with Crippen molar-refractivity contribution in [3.63, 3.8) is 0 Å². The predicted molar refractivity (Wildman–Crippen MR) is 45.4 cm³/mol. The Morgan fingerprint density at radius 1 is 1.73 bits per heavy atom. The van der Waals surface area contributed by atoms with Crippen molar-refractivity contribution in [3.8, 4) is 0 Å². The molecule has 11 heavy (non-hydrogen) atoms. The molecule has 3 heteroatoms. The van der Waals surface area contributed by atoms with Gasteiger partial charge in [0.2, 0.25) is 5.90 Å². The smallest absolute Gasteiger partial charge is 0.210 e. The van der Waals surface area contributed by atoms with Gasteiger partial charge < -0.3 is 10.5 Å². The minimum absolute atomic E-state index is 0.363. The van der Waals surface area contributed by atoms with Crippen molar-refractivity contribution >= 4 is 5.90 Å². The van der Waals surface area contributed by atoms with Crippen LogP contribution in [0, 0.1) is 5.92 Å². The first-order chi connectivity index (χ1) is 5.20. The fourth-order valence-corrected chi connectivity index (χ4v) is 0.748. The van der Waals surface area contributed by atoms with Crippen molar-refractivity contribution in [2.45, 2.75) is 13.8 Å². The minimum Gasteiger partial charge on any atom is -0.476 e. The third-order valence-electron chi connectivity index (χ3n) is 1.57. The summed E-state index contributed by atoms with van der Waals surface area (Å²) in [7, 11) is 0. The average Bonchev–Trinajstić information content (AvgIpc) is 2.39. The van der Waals surface area contributed by atoms with E-state index in [0.29, 0.717) is 18.4 Å². The van der Waals surface area contributed by atoms with Gasteiger partial charge in [-0.25, -0.2) is 4.99 Å². The molecule has 0 aliphatic carbocycles. The molecule has 0 radical (unpaired) electrons. The zero-order valence-corrected chi connectivity index (χ0v) is 7.00. The monoisotopic (exact) mass is 154 g/mol. The Morgan fingerprint density at radius 3 is 2.91 bits per heavy atom. The summed E-state index contributed by atoms with van der Waals surface area (Å²) in [5, 5.41) is 0. The zero-order valence-electron chi connectivity index (χ0n) is 7.00. The quantitative estimate of drug-likeness (QED) is 0.642. The van der Waals surface area contributed by atoms with Gasteiger partial charge in [-0.15, -0.1) is 0 Å². The van der Waals surface area contributed by atoms with Gasteiger partial charge >= 0.3 is 0 Å². The molecular weight excluding hydrogens is 140 g/mol. The van der Waals surface area contributed by atoms with Crippen molar-refractivity contribution in [2.75, 3.05) is 13.2 Å². The highest BCUT2D eigenvalue weighted by molar-refractivity contribution is 5.89. The van der Waals surface area contributed by atoms with Crippen molar-refractivity contribution in [3.05, 3.63) is 11.8 Å². The van der Waals surface area contributed by atoms with Gasteiger partial charge in [-0.2, -0.15) is 0 Å². The standard InChI is InChI=1S/C8H14N2O/c1-6(2)7(9)5-8-10-3-4-11-8/h5-6H,3-4,9H2,1-2H3/b7-5-. The zero-order chi connectivity index (χ0) is 8.27. The van der Waals surface area contributed by atoms with Crippen molar-refractivity contribution in [1.29, 1.82) is 0 Å². The van der Waals surface area contributed by atoms with E-state index in [2.05, 4.69) is 4.99 Å². The predicted octanol–water partition coefficient (Wildman–Crippen LogP) is 0.914. The number of nitrogens with two attached hydrogens (primary N) is 1. The Bertz CT molecular complexity index is 194. The lowest BCUT2D eigenvalue weighted by atomic mass is 10.1. The van der Waals surface area contributed by atoms with Gasteiger partial charge in [0.05, 0.1) is 6.54 Å². The van der Waals surface area contributed by atoms with Gasteiger partial charge in [0.25, 0.3) is 0 Å². The maximum absolute atomic E-state index is 5.70. The van der Waals surface area contributed by atoms with E-state index in [1.54, 1.807) is 6.08 Å². The van der Waals surface area contributed by atoms with Crippen molar-refractivity contribution in [1.82, 2.24) is 0 Å². The van der Waals surface area contributed by atoms with Crippen molar-refractivity contribution in [2.24, 2.45) is 16.6 Å². The van der Waals surface area contributed by atoms with Crippen molar-refractivity contribution < 1.29 is 4.74 Å². The van der Waals surface area contributed by atoms with E-state index >= 15 is 0 Å². The molecule has 0 amide bonds. The van der Waals surface area contributed by atoms with Crippen LogP contribution in [0.1, 0.15) is 13.8 Å². The average molecular weight is 154 g/mol. The molecule has 1 aliphatic rings. The summed E-state index contributed by atoms with van der Waals surface area (Å²) in [6, 6.07) is 0. The summed E-state index contributed by atoms with van der Waals surface area (Å²) in [4.78, 5) is 4.10. The molecule has 1 heterocycles. The first-order valence-corrected chi connectivity index (χ1v) is 3.84. The topological polar surface area (TPSA) is 47.6 Å². The molecule has 3 nitrogen and oxygen atoms in total. The fraction of sp³-hybridized carbons (Fsp3) is 0.625. The number of hydrogen-bond donors (Lipinski definition) is 1. The molecule has 1 rings (SSSR count). The highest BCUT2D eigenvalue weighted by Gasteiger charge is 2.05. The van der Waals surface area contributed by atoms with Gasteiger partial charge in [-0.1, -0.05) is 13.8 Å². The molecule has 1 aliphatic heterocycles. The second-order valence-electron chi connectivity index (χ2n) is 2.87. The summed E-state index contributed by atoms with van der Waals surface area (Å²) in [6.07, 6.45) is 1.80. The molecule has 0 atom stereocenters. The lowest BCUT2D eigenvalue weighted by Crippen LogP contribution is -2.08. The van der Waals surface area contributed by atoms with Gasteiger partial charge in [0.1, 0.15) is 6.61 Å². The highest BCUT2D eigenvalue weighted by atomic mass is 16.5. The number of allylic oxidation sites excluding steroid dienone is 1. The highest BCUT2D eigenvalue weighted by Crippen LogP contribution is 2.04. The van der Waals surface area contributed by atoms with Crippen LogP contribution in [0.3, 0.4) is 0 Å². The number of nitrogens with zero attached hydrogens (tertiary/aromatic N) is 1. The molecule has 0 saturated carbocycles. The summed E-state index contributed by atoms with van der Waals surface area (Å²) in [5.41, 5.74) is 6.52. The summed E-state index contributed by atoms with van der Waals surface area (Å²) in [5.74, 6) is 1.04. The van der Waals surface area contributed by atoms with Crippen LogP contribution < -0.4 is 5.73 Å². The van der Waals surface area contributed by atoms with Crippen LogP contribution in [0.2, 0.25) is 0 Å². The SMILES string of the molecule is CC(C)/C(N)=C/C1=NCCO1. The number of aliphatic imine (C=N–C) groups is 1. The largest absolute Gasteiger partial charge is 0.476 e. The molecule has 2 N–H and O–H groups in total. The van der Waals surface area contributed by atoms with Crippen LogP contribution in [0.25, 0.3) is 0 Å². The van der Waals surface area contributed by atoms with E-state index in [0.717, 1.165) is 12.2 Å². The van der Waals surface area contributed by atoms with Gasteiger partial charge in [0.15, 0.2) is 0 Å². The van der Waals surface area contributed by atoms with E-state index in [4.69, 9.17) is 10.5 Å². The van der Waals surface area contributed by atoms with Crippen LogP contribution in [-0.2, 0) is 4.74 Å². The molecule has 0 saturated heterocycles. The number of rotatable bonds is 2. The number of ether oxygens (including phenoxy) is 1. The van der Waals surface area contributed by atoms with E-state index in [-0.39, 0.29) is 0 Å². The van der Waals surface area contributed by atoms with Gasteiger partial charge in [0, 0.05) is 11.8 Å². The Kier molecular flexibility index (Phi) is 2.52. The third kappa shape index (κ3) is 2.26. The maximum Gasteiger partial charge on any atom is 0.210 e. The van der Waals surface area contributed by atoms with Crippen LogP contribution in [0.5, 0.6) is 0 Å². The van der Waals surface area contributed by atoms with Crippen LogP contribution in [-0.4, -0.2) is 19.0 Å². The molecule has 0 aromatic heterocycles. The summed E-state index contributed by atoms with van der Waals surface area (Å²) < 4.78 is 5.17. The van der Waals surface area contributed by atoms with Gasteiger partial charge in [-0.3, -0.25) is 0 Å². The van der Waals surface area contributed by atoms with E-state index in [1.165, 1.54) is 0 Å². The first-order valence-electron chi connectivity index (χ1n) is 3.84. The second-order valence-corrected chi connectivity index (χ2v) is 2.87. The minimum atomic E-state index is 0.363. The lowest BCUT2D eigenvalue weighted by molar-refractivity contribution is 0.349. The van der Waals surface area contributed by atoms with Gasteiger partial charge in [-0.05, 0) is 5.92 Å². The first kappa shape index (κ1) is 8.11. The second kappa shape index (κ2) is 3.42. The van der Waals surface area contributed by atoms with E-state index in [1.807, 2.05) is 13.8 Å². The van der Waals surface area contributed by atoms with Crippen LogP contribution in [0.15, 0.2) is 16.8 Å². The third-order valence-corrected chi connectivity index (χ3v) is 1.57. The van der Waals surface area contributed by atoms with Crippen LogP contribution >= 0.6 is 0 Å². The molecule has 0 fully saturated rings. The molecule has 0 bridgehead atoms. The number of hydrogen-bond acceptors (Lipinski definition) is 3. The Morgan fingerprint density at radius 2 is 2.45 bits per heavy atom. The summed E-state index contributed by atoms with van der Waals surface area (Å²) >= 11 is 0. The lowest BCUT2D eigenvalue weighted by Gasteiger charge is -2.03. The maximum atomic E-state index is 5.70. The van der Waals surface area contributed by atoms with E-state index in [9.17, 15) is 0 Å². The Balaban J connectivity index is 2.56. The molecule has 62 valence electrons. The fourth-order valence-electron chi connectivity index (χ4n) is 0.748. The molecule has 0 spiro atoms.